The van der Waals surface area contributed by atoms with Crippen LogP contribution in [-0.2, 0) is 25.3 Å². The van der Waals surface area contributed by atoms with Gasteiger partial charge in [0.05, 0.1) is 17.8 Å². The molecule has 0 radical (unpaired) electrons. The van der Waals surface area contributed by atoms with E-state index in [2.05, 4.69) is 25.8 Å². The van der Waals surface area contributed by atoms with Gasteiger partial charge in [-0.15, -0.1) is 0 Å². The van der Waals surface area contributed by atoms with Gasteiger partial charge in [-0.05, 0) is 74.6 Å². The number of aromatic nitrogens is 3. The van der Waals surface area contributed by atoms with Gasteiger partial charge in [0, 0.05) is 56.7 Å². The van der Waals surface area contributed by atoms with Crippen molar-refractivity contribution in [1.82, 2.24) is 24.3 Å². The van der Waals surface area contributed by atoms with Gasteiger partial charge >= 0.3 is 0 Å². The van der Waals surface area contributed by atoms with Crippen LogP contribution in [0, 0.1) is 0 Å². The van der Waals surface area contributed by atoms with Crippen LogP contribution >= 0.6 is 0 Å². The molecule has 0 saturated heterocycles. The second kappa shape index (κ2) is 14.1. The van der Waals surface area contributed by atoms with Crippen molar-refractivity contribution in [2.75, 3.05) is 37.8 Å². The Bertz CT molecular complexity index is 1550. The summed E-state index contributed by atoms with van der Waals surface area (Å²) in [6, 6.07) is 14.6. The predicted molar refractivity (Wildman–Crippen MR) is 166 cm³/mol. The Balaban J connectivity index is 1.29. The van der Waals surface area contributed by atoms with E-state index >= 15 is 0 Å². The van der Waals surface area contributed by atoms with Crippen LogP contribution in [-0.4, -0.2) is 63.9 Å². The van der Waals surface area contributed by atoms with Crippen LogP contribution in [0.15, 0.2) is 73.3 Å². The maximum atomic E-state index is 12.8. The molecule has 3 heterocycles. The Morgan fingerprint density at radius 1 is 0.833 bits per heavy atom. The lowest BCUT2D eigenvalue weighted by atomic mass is 10.1. The molecule has 0 bridgehead atoms. The molecule has 0 aliphatic carbocycles. The summed E-state index contributed by atoms with van der Waals surface area (Å²) in [5.74, 6) is -0.651. The van der Waals surface area contributed by atoms with Crippen molar-refractivity contribution >= 4 is 41.2 Å². The smallest absolute Gasteiger partial charge is 0.267 e. The van der Waals surface area contributed by atoms with Crippen molar-refractivity contribution in [2.45, 2.75) is 12.8 Å². The number of rotatable bonds is 12. The number of carbonyl (C=O) groups excluding carboxylic acids is 3. The van der Waals surface area contributed by atoms with Crippen LogP contribution in [0.5, 0.6) is 0 Å². The van der Waals surface area contributed by atoms with Crippen molar-refractivity contribution in [1.29, 1.82) is 0 Å². The van der Waals surface area contributed by atoms with Crippen LogP contribution in [0.2, 0.25) is 0 Å². The predicted octanol–water partition coefficient (Wildman–Crippen LogP) is 4.04. The molecular weight excluding hydrogens is 530 g/mol. The monoisotopic (exact) mass is 567 g/mol. The Kier molecular flexibility index (Phi) is 10.1. The number of hydrogen-bond acceptors (Lipinski definition) is 5. The molecule has 1 aromatic carbocycles. The third-order valence-electron chi connectivity index (χ3n) is 6.64. The summed E-state index contributed by atoms with van der Waals surface area (Å²) in [6.07, 6.45) is 11.9. The first-order valence-corrected chi connectivity index (χ1v) is 13.7. The molecule has 0 aliphatic heterocycles. The third-order valence-corrected chi connectivity index (χ3v) is 6.64. The third kappa shape index (κ3) is 8.52. The highest BCUT2D eigenvalue weighted by atomic mass is 16.2. The van der Waals surface area contributed by atoms with E-state index in [1.54, 1.807) is 65.2 Å². The lowest BCUT2D eigenvalue weighted by molar-refractivity contribution is -0.115. The fraction of sp³-hybridized carbons (Fsp3) is 0.250. The number of aryl methyl sites for hydroxylation is 2. The molecule has 0 saturated carbocycles. The highest BCUT2D eigenvalue weighted by Crippen LogP contribution is 2.18. The summed E-state index contributed by atoms with van der Waals surface area (Å²) >= 11 is 0. The summed E-state index contributed by atoms with van der Waals surface area (Å²) in [5, 5.41) is 8.68. The van der Waals surface area contributed by atoms with Crippen LogP contribution in [0.3, 0.4) is 0 Å². The van der Waals surface area contributed by atoms with Gasteiger partial charge in [-0.1, -0.05) is 24.3 Å². The maximum Gasteiger partial charge on any atom is 0.267 e. The molecule has 3 N–H and O–H groups in total. The lowest BCUT2D eigenvalue weighted by Crippen LogP contribution is -2.28. The molecule has 218 valence electrons. The van der Waals surface area contributed by atoms with Crippen molar-refractivity contribution in [3.8, 4) is 0 Å². The minimum atomic E-state index is -0.238. The molecule has 0 spiro atoms. The Morgan fingerprint density at radius 3 is 2.17 bits per heavy atom. The molecule has 4 aromatic rings. The van der Waals surface area contributed by atoms with E-state index in [4.69, 9.17) is 0 Å². The Hall–Kier alpha value is -4.96. The number of benzene rings is 1. The van der Waals surface area contributed by atoms with Crippen molar-refractivity contribution in [3.05, 3.63) is 101 Å². The van der Waals surface area contributed by atoms with E-state index in [1.165, 1.54) is 0 Å². The van der Waals surface area contributed by atoms with E-state index in [1.807, 2.05) is 57.6 Å². The molecule has 0 aliphatic rings. The molecule has 3 amide bonds. The second-order valence-electron chi connectivity index (χ2n) is 10.4. The van der Waals surface area contributed by atoms with E-state index in [-0.39, 0.29) is 24.1 Å². The molecule has 0 atom stereocenters. The molecular formula is C32H37N7O3. The van der Waals surface area contributed by atoms with Crippen LogP contribution in [0.4, 0.5) is 11.4 Å². The zero-order valence-electron chi connectivity index (χ0n) is 24.4. The molecule has 3 aromatic heterocycles. The van der Waals surface area contributed by atoms with Gasteiger partial charge in [0.15, 0.2) is 0 Å². The average Bonchev–Trinajstić information content (AvgIpc) is 3.50. The molecule has 10 heteroatoms. The highest BCUT2D eigenvalue weighted by molar-refractivity contribution is 6.04. The number of pyridine rings is 1. The number of nitrogens with zero attached hydrogens (tertiary/aromatic N) is 4. The first-order valence-electron chi connectivity index (χ1n) is 13.7. The number of amides is 3. The second-order valence-corrected chi connectivity index (χ2v) is 10.4. The SMILES string of the molecule is CN(C)CCCNC(=O)c1cc(NC(=O)Cc2cc(NC(=O)c3ccc(/C=C/c4ccncc4)cc3)cn2C)cn1C. The van der Waals surface area contributed by atoms with Gasteiger partial charge < -0.3 is 30.0 Å². The van der Waals surface area contributed by atoms with E-state index < -0.39 is 0 Å². The zero-order chi connectivity index (χ0) is 30.1. The largest absolute Gasteiger partial charge is 0.352 e. The molecule has 4 rings (SSSR count). The Labute approximate surface area is 246 Å². The fourth-order valence-electron chi connectivity index (χ4n) is 4.39. The van der Waals surface area contributed by atoms with Crippen molar-refractivity contribution in [3.63, 3.8) is 0 Å². The van der Waals surface area contributed by atoms with Gasteiger partial charge in [-0.25, -0.2) is 0 Å². The zero-order valence-corrected chi connectivity index (χ0v) is 24.4. The normalized spacial score (nSPS) is 11.2. The summed E-state index contributed by atoms with van der Waals surface area (Å²) < 4.78 is 3.50. The summed E-state index contributed by atoms with van der Waals surface area (Å²) in [7, 11) is 7.57. The lowest BCUT2D eigenvalue weighted by Gasteiger charge is -2.10. The molecule has 42 heavy (non-hydrogen) atoms. The number of anilines is 2. The quantitative estimate of drug-likeness (QED) is 0.224. The summed E-state index contributed by atoms with van der Waals surface area (Å²) in [6.45, 7) is 1.46. The van der Waals surface area contributed by atoms with Gasteiger partial charge in [0.25, 0.3) is 11.8 Å². The van der Waals surface area contributed by atoms with Crippen molar-refractivity contribution < 1.29 is 14.4 Å². The van der Waals surface area contributed by atoms with E-state index in [0.717, 1.165) is 29.8 Å². The van der Waals surface area contributed by atoms with E-state index in [9.17, 15) is 14.4 Å². The minimum absolute atomic E-state index is 0.103. The Morgan fingerprint density at radius 2 is 1.48 bits per heavy atom. The average molecular weight is 568 g/mol. The number of carbonyl (C=O) groups is 3. The molecule has 0 unspecified atom stereocenters. The first-order chi connectivity index (χ1) is 20.2. The van der Waals surface area contributed by atoms with Gasteiger partial charge in [-0.2, -0.15) is 0 Å². The topological polar surface area (TPSA) is 113 Å². The van der Waals surface area contributed by atoms with E-state index in [0.29, 0.717) is 29.2 Å². The minimum Gasteiger partial charge on any atom is -0.352 e. The first kappa shape index (κ1) is 30.0. The standard InChI is InChI=1S/C32H37N7O3/c1-37(2)17-5-14-34-32(42)29-19-27(22-39(29)4)35-30(40)20-28-18-26(21-38(28)3)36-31(41)25-10-8-23(9-11-25)6-7-24-12-15-33-16-13-24/h6-13,15-16,18-19,21-22H,5,14,17,20H2,1-4H3,(H,34,42)(H,35,40)(H,36,41)/b7-6+. The number of nitrogens with one attached hydrogen (secondary N) is 3. The number of hydrogen-bond donors (Lipinski definition) is 3. The fourth-order valence-corrected chi connectivity index (χ4v) is 4.39. The van der Waals surface area contributed by atoms with Gasteiger partial charge in [0.2, 0.25) is 5.91 Å². The van der Waals surface area contributed by atoms with Crippen LogP contribution < -0.4 is 16.0 Å². The summed E-state index contributed by atoms with van der Waals surface area (Å²) in [5.41, 5.74) is 4.89. The molecule has 10 nitrogen and oxygen atoms in total. The van der Waals surface area contributed by atoms with Crippen molar-refractivity contribution in [2.24, 2.45) is 14.1 Å². The van der Waals surface area contributed by atoms with Gasteiger partial charge in [-0.3, -0.25) is 19.4 Å². The maximum absolute atomic E-state index is 12.8. The van der Waals surface area contributed by atoms with Crippen LogP contribution in [0.1, 0.15) is 44.1 Å². The molecule has 0 fully saturated rings. The van der Waals surface area contributed by atoms with Crippen LogP contribution in [0.25, 0.3) is 12.2 Å². The summed E-state index contributed by atoms with van der Waals surface area (Å²) in [4.78, 5) is 44.2. The highest BCUT2D eigenvalue weighted by Gasteiger charge is 2.15. The van der Waals surface area contributed by atoms with Gasteiger partial charge in [0.1, 0.15) is 5.69 Å².